The van der Waals surface area contributed by atoms with Gasteiger partial charge in [-0.05, 0) is 50.2 Å². The van der Waals surface area contributed by atoms with Gasteiger partial charge < -0.3 is 26.8 Å². The first-order valence-corrected chi connectivity index (χ1v) is 11.1. The summed E-state index contributed by atoms with van der Waals surface area (Å²) in [5.74, 6) is -1.92. The van der Waals surface area contributed by atoms with Crippen molar-refractivity contribution in [1.82, 2.24) is 10.3 Å². The predicted molar refractivity (Wildman–Crippen MR) is 128 cm³/mol. The molecule has 0 saturated carbocycles. The number of primary amides is 1. The Labute approximate surface area is 199 Å². The average molecular weight is 486 g/mol. The maximum Gasteiger partial charge on any atom is 0.251 e. The summed E-state index contributed by atoms with van der Waals surface area (Å²) >= 11 is 0.969. The Bertz CT molecular complexity index is 1200. The van der Waals surface area contributed by atoms with E-state index in [9.17, 15) is 23.9 Å². The fraction of sp³-hybridized carbons (Fsp3) is 0.217. The van der Waals surface area contributed by atoms with Crippen LogP contribution in [0.4, 0.5) is 21.0 Å². The van der Waals surface area contributed by atoms with Crippen LogP contribution in [0.5, 0.6) is 0 Å². The number of nitrogen functional groups attached to an aromatic ring is 1. The van der Waals surface area contributed by atoms with E-state index in [4.69, 9.17) is 11.5 Å². The van der Waals surface area contributed by atoms with Gasteiger partial charge in [-0.1, -0.05) is 23.5 Å². The number of hydrogen-bond acceptors (Lipinski definition) is 8. The van der Waals surface area contributed by atoms with Crippen LogP contribution >= 0.6 is 11.3 Å². The predicted octanol–water partition coefficient (Wildman–Crippen LogP) is 2.22. The van der Waals surface area contributed by atoms with Crippen LogP contribution in [-0.4, -0.2) is 46.4 Å². The molecule has 6 N–H and O–H groups in total. The summed E-state index contributed by atoms with van der Waals surface area (Å²) < 4.78 is 13.4. The molecule has 0 aliphatic rings. The Hall–Kier alpha value is -3.83. The molecule has 0 spiro atoms. The van der Waals surface area contributed by atoms with Gasteiger partial charge in [-0.3, -0.25) is 14.4 Å². The van der Waals surface area contributed by atoms with Crippen molar-refractivity contribution in [3.63, 3.8) is 0 Å². The number of nitrogens with one attached hydrogen (secondary N) is 1. The Morgan fingerprint density at radius 1 is 1.09 bits per heavy atom. The second-order valence-corrected chi connectivity index (χ2v) is 8.58. The van der Waals surface area contributed by atoms with E-state index in [1.165, 1.54) is 53.4 Å². The van der Waals surface area contributed by atoms with Crippen LogP contribution in [0.3, 0.4) is 0 Å². The van der Waals surface area contributed by atoms with Crippen LogP contribution in [0.15, 0.2) is 48.5 Å². The number of nitrogens with two attached hydrogens (primary N) is 2. The third-order valence-electron chi connectivity index (χ3n) is 4.93. The number of hydrogen-bond donors (Lipinski definition) is 4. The van der Waals surface area contributed by atoms with Crippen LogP contribution < -0.4 is 21.7 Å². The highest BCUT2D eigenvalue weighted by molar-refractivity contribution is 7.18. The fourth-order valence-corrected chi connectivity index (χ4v) is 4.11. The SMILES string of the molecule is CC(C(N)=O)N(c1ccc(F)cc1)c1nc(N)c(C(=O)c2ccc(C(=O)NC[C@@H](C)O)cc2)s1. The third kappa shape index (κ3) is 5.56. The van der Waals surface area contributed by atoms with Gasteiger partial charge in [0, 0.05) is 23.4 Å². The fourth-order valence-electron chi connectivity index (χ4n) is 3.06. The minimum absolute atomic E-state index is 0.0347. The number of nitrogens with zero attached hydrogens (tertiary/aromatic N) is 2. The average Bonchev–Trinajstić information content (AvgIpc) is 3.19. The molecule has 1 heterocycles. The normalized spacial score (nSPS) is 12.6. The molecule has 2 amide bonds. The lowest BCUT2D eigenvalue weighted by Gasteiger charge is -2.26. The lowest BCUT2D eigenvalue weighted by atomic mass is 10.1. The topological polar surface area (TPSA) is 152 Å². The minimum atomic E-state index is -0.849. The number of thiazole rings is 1. The molecule has 1 unspecified atom stereocenters. The van der Waals surface area contributed by atoms with E-state index in [1.54, 1.807) is 13.8 Å². The van der Waals surface area contributed by atoms with Gasteiger partial charge in [0.15, 0.2) is 5.13 Å². The zero-order chi connectivity index (χ0) is 25.0. The van der Waals surface area contributed by atoms with Gasteiger partial charge in [0.2, 0.25) is 11.7 Å². The lowest BCUT2D eigenvalue weighted by Crippen LogP contribution is -2.39. The lowest BCUT2D eigenvalue weighted by molar-refractivity contribution is -0.118. The molecular formula is C23H24FN5O4S. The molecule has 0 aliphatic carbocycles. The number of carbonyl (C=O) groups is 3. The molecule has 0 radical (unpaired) electrons. The van der Waals surface area contributed by atoms with E-state index in [2.05, 4.69) is 10.3 Å². The number of rotatable bonds is 9. The molecule has 11 heteroatoms. The van der Waals surface area contributed by atoms with Gasteiger partial charge in [-0.2, -0.15) is 0 Å². The van der Waals surface area contributed by atoms with E-state index < -0.39 is 29.7 Å². The summed E-state index contributed by atoms with van der Waals surface area (Å²) in [5, 5.41) is 12.1. The number of aliphatic hydroxyl groups is 1. The van der Waals surface area contributed by atoms with Crippen LogP contribution in [0, 0.1) is 5.82 Å². The van der Waals surface area contributed by atoms with Gasteiger partial charge in [0.05, 0.1) is 6.10 Å². The molecule has 178 valence electrons. The standard InChI is InChI=1S/C23H24FN5O4S/c1-12(30)11-27-22(33)15-5-3-14(4-6-15)18(31)19-20(25)28-23(34-19)29(13(2)21(26)32)17-9-7-16(24)8-10-17/h3-10,12-13,30H,11,25H2,1-2H3,(H2,26,32)(H,27,33)/t12-,13?/m1/s1. The highest BCUT2D eigenvalue weighted by Gasteiger charge is 2.27. The molecule has 34 heavy (non-hydrogen) atoms. The zero-order valence-electron chi connectivity index (χ0n) is 18.5. The Morgan fingerprint density at radius 2 is 1.68 bits per heavy atom. The summed E-state index contributed by atoms with van der Waals surface area (Å²) in [5.41, 5.74) is 12.6. The molecule has 9 nitrogen and oxygen atoms in total. The Kier molecular flexibility index (Phi) is 7.59. The largest absolute Gasteiger partial charge is 0.392 e. The maximum atomic E-state index is 13.4. The van der Waals surface area contributed by atoms with Gasteiger partial charge in [-0.15, -0.1) is 0 Å². The summed E-state index contributed by atoms with van der Waals surface area (Å²) in [6.07, 6.45) is -0.681. The van der Waals surface area contributed by atoms with Crippen molar-refractivity contribution in [1.29, 1.82) is 0 Å². The first-order chi connectivity index (χ1) is 16.1. The van der Waals surface area contributed by atoms with Crippen molar-refractivity contribution in [2.75, 3.05) is 17.2 Å². The van der Waals surface area contributed by atoms with E-state index >= 15 is 0 Å². The van der Waals surface area contributed by atoms with Gasteiger partial charge in [-0.25, -0.2) is 9.37 Å². The second-order valence-electron chi connectivity index (χ2n) is 7.60. The van der Waals surface area contributed by atoms with Crippen molar-refractivity contribution in [3.05, 3.63) is 70.4 Å². The maximum absolute atomic E-state index is 13.4. The molecule has 3 rings (SSSR count). The minimum Gasteiger partial charge on any atom is -0.392 e. The van der Waals surface area contributed by atoms with Crippen molar-refractivity contribution in [3.8, 4) is 0 Å². The quantitative estimate of drug-likeness (QED) is 0.339. The van der Waals surface area contributed by atoms with Crippen molar-refractivity contribution in [2.24, 2.45) is 5.73 Å². The molecule has 3 aromatic rings. The number of aliphatic hydroxyl groups excluding tert-OH is 1. The van der Waals surface area contributed by atoms with Crippen LogP contribution in [0.2, 0.25) is 0 Å². The zero-order valence-corrected chi connectivity index (χ0v) is 19.3. The number of aromatic nitrogens is 1. The van der Waals surface area contributed by atoms with E-state index in [-0.39, 0.29) is 33.8 Å². The molecule has 2 atom stereocenters. The smallest absolute Gasteiger partial charge is 0.251 e. The second kappa shape index (κ2) is 10.4. The Morgan fingerprint density at radius 3 is 2.24 bits per heavy atom. The van der Waals surface area contributed by atoms with Crippen molar-refractivity contribution < 1.29 is 23.9 Å². The van der Waals surface area contributed by atoms with Gasteiger partial charge in [0.25, 0.3) is 5.91 Å². The molecule has 2 aromatic carbocycles. The summed E-state index contributed by atoms with van der Waals surface area (Å²) in [6.45, 7) is 3.22. The third-order valence-corrected chi connectivity index (χ3v) is 5.99. The summed E-state index contributed by atoms with van der Waals surface area (Å²) in [6, 6.07) is 10.5. The molecule has 0 aliphatic heterocycles. The highest BCUT2D eigenvalue weighted by Crippen LogP contribution is 2.36. The number of halogens is 1. The number of carbonyl (C=O) groups excluding carboxylic acids is 3. The Balaban J connectivity index is 1.89. The van der Waals surface area contributed by atoms with Crippen molar-refractivity contribution in [2.45, 2.75) is 26.0 Å². The number of amides is 2. The molecule has 0 fully saturated rings. The number of benzene rings is 2. The highest BCUT2D eigenvalue weighted by atomic mass is 32.1. The van der Waals surface area contributed by atoms with Gasteiger partial charge >= 0.3 is 0 Å². The molecule has 1 aromatic heterocycles. The molecule has 0 saturated heterocycles. The van der Waals surface area contributed by atoms with Crippen LogP contribution in [0.1, 0.15) is 39.4 Å². The van der Waals surface area contributed by atoms with Crippen molar-refractivity contribution >= 4 is 45.6 Å². The van der Waals surface area contributed by atoms with Gasteiger partial charge in [0.1, 0.15) is 22.6 Å². The number of anilines is 3. The number of ketones is 1. The van der Waals surface area contributed by atoms with E-state index in [0.29, 0.717) is 11.3 Å². The molecule has 0 bridgehead atoms. The molecular weight excluding hydrogens is 461 g/mol. The first-order valence-electron chi connectivity index (χ1n) is 10.3. The van der Waals surface area contributed by atoms with Crippen LogP contribution in [0.25, 0.3) is 0 Å². The summed E-state index contributed by atoms with van der Waals surface area (Å²) in [4.78, 5) is 43.0. The monoisotopic (exact) mass is 485 g/mol. The van der Waals surface area contributed by atoms with Crippen LogP contribution in [-0.2, 0) is 4.79 Å². The van der Waals surface area contributed by atoms with E-state index in [0.717, 1.165) is 11.3 Å². The summed E-state index contributed by atoms with van der Waals surface area (Å²) in [7, 11) is 0. The van der Waals surface area contributed by atoms with E-state index in [1.807, 2.05) is 0 Å². The first kappa shape index (κ1) is 24.8.